The van der Waals surface area contributed by atoms with E-state index in [-0.39, 0.29) is 5.69 Å². The van der Waals surface area contributed by atoms with E-state index in [2.05, 4.69) is 0 Å². The number of fused-ring (bicyclic) bond motifs is 3. The molecule has 0 saturated heterocycles. The number of non-ortho nitro benzene ring substituents is 1. The molecule has 1 aliphatic carbocycles. The Morgan fingerprint density at radius 1 is 1.44 bits per heavy atom. The van der Waals surface area contributed by atoms with Gasteiger partial charge >= 0.3 is 5.97 Å². The molecule has 0 amide bonds. The number of benzene rings is 1. The molecule has 2 aromatic rings. The second-order valence-corrected chi connectivity index (χ2v) is 4.38. The fourth-order valence-electron chi connectivity index (χ4n) is 2.41. The van der Waals surface area contributed by atoms with E-state index >= 15 is 0 Å². The summed E-state index contributed by atoms with van der Waals surface area (Å²) in [6, 6.07) is 4.39. The van der Waals surface area contributed by atoms with Gasteiger partial charge < -0.3 is 9.52 Å². The van der Waals surface area contributed by atoms with E-state index < -0.39 is 16.8 Å². The molecule has 6 heteroatoms. The molecule has 1 aromatic heterocycles. The molecular weight excluding hydrogens is 238 g/mol. The molecule has 1 N–H and O–H groups in total. The zero-order chi connectivity index (χ0) is 12.9. The summed E-state index contributed by atoms with van der Waals surface area (Å²) in [5.41, 5.74) is 1.36. The lowest BCUT2D eigenvalue weighted by molar-refractivity contribution is -0.384. The number of nitro benzene ring substituents is 1. The van der Waals surface area contributed by atoms with Gasteiger partial charge in [0.05, 0.1) is 10.8 Å². The lowest BCUT2D eigenvalue weighted by atomic mass is 10.1. The Morgan fingerprint density at radius 3 is 2.89 bits per heavy atom. The first-order valence-corrected chi connectivity index (χ1v) is 5.48. The van der Waals surface area contributed by atoms with Gasteiger partial charge in [-0.05, 0) is 12.5 Å². The highest BCUT2D eigenvalue weighted by Gasteiger charge is 2.32. The van der Waals surface area contributed by atoms with Gasteiger partial charge in [-0.2, -0.15) is 0 Å². The van der Waals surface area contributed by atoms with E-state index in [9.17, 15) is 14.9 Å². The number of carboxylic acid groups (broad SMARTS) is 1. The summed E-state index contributed by atoms with van der Waals surface area (Å²) in [7, 11) is 0. The number of carbonyl (C=O) groups is 1. The molecule has 0 aliphatic heterocycles. The van der Waals surface area contributed by atoms with Gasteiger partial charge in [-0.15, -0.1) is 0 Å². The molecule has 18 heavy (non-hydrogen) atoms. The van der Waals surface area contributed by atoms with Crippen molar-refractivity contribution in [1.29, 1.82) is 0 Å². The topological polar surface area (TPSA) is 93.6 Å². The quantitative estimate of drug-likeness (QED) is 0.648. The molecular formula is C12H9NO5. The molecule has 1 heterocycles. The zero-order valence-electron chi connectivity index (χ0n) is 9.25. The summed E-state index contributed by atoms with van der Waals surface area (Å²) < 4.78 is 5.54. The fraction of sp³-hybridized carbons (Fsp3) is 0.250. The molecule has 1 aliphatic rings. The Balaban J connectivity index is 2.12. The van der Waals surface area contributed by atoms with Crippen LogP contribution >= 0.6 is 0 Å². The number of hydrogen-bond donors (Lipinski definition) is 1. The van der Waals surface area contributed by atoms with Crippen molar-refractivity contribution in [2.24, 2.45) is 5.92 Å². The van der Waals surface area contributed by atoms with Crippen LogP contribution in [0, 0.1) is 16.0 Å². The summed E-state index contributed by atoms with van der Waals surface area (Å²) >= 11 is 0. The van der Waals surface area contributed by atoms with Crippen LogP contribution in [0.3, 0.4) is 0 Å². The monoisotopic (exact) mass is 247 g/mol. The Hall–Kier alpha value is -2.37. The second-order valence-electron chi connectivity index (χ2n) is 4.38. The van der Waals surface area contributed by atoms with E-state index in [1.165, 1.54) is 12.1 Å². The van der Waals surface area contributed by atoms with Gasteiger partial charge in [-0.1, -0.05) is 0 Å². The Labute approximate surface area is 101 Å². The number of aliphatic carboxylic acids is 1. The molecule has 92 valence electrons. The molecule has 0 radical (unpaired) electrons. The predicted octanol–water partition coefficient (Wildman–Crippen LogP) is 2.14. The molecule has 0 bridgehead atoms. The summed E-state index contributed by atoms with van der Waals surface area (Å²) in [6.07, 6.45) is 0.728. The molecule has 1 aromatic carbocycles. The smallest absolute Gasteiger partial charge is 0.307 e. The van der Waals surface area contributed by atoms with Crippen molar-refractivity contribution >= 4 is 22.6 Å². The highest BCUT2D eigenvalue weighted by Crippen LogP contribution is 2.37. The summed E-state index contributed by atoms with van der Waals surface area (Å²) in [5.74, 6) is -0.708. The van der Waals surface area contributed by atoms with Crippen LogP contribution in [0.2, 0.25) is 0 Å². The molecule has 1 unspecified atom stereocenters. The van der Waals surface area contributed by atoms with Crippen LogP contribution in [-0.4, -0.2) is 16.0 Å². The van der Waals surface area contributed by atoms with Gasteiger partial charge in [0.1, 0.15) is 11.3 Å². The Kier molecular flexibility index (Phi) is 2.13. The van der Waals surface area contributed by atoms with Gasteiger partial charge in [0.2, 0.25) is 0 Å². The Morgan fingerprint density at radius 2 is 2.22 bits per heavy atom. The summed E-state index contributed by atoms with van der Waals surface area (Å²) in [6.45, 7) is 0. The van der Waals surface area contributed by atoms with Crippen molar-refractivity contribution in [2.75, 3.05) is 0 Å². The molecule has 6 nitrogen and oxygen atoms in total. The van der Waals surface area contributed by atoms with Crippen LogP contribution in [0.15, 0.2) is 22.6 Å². The van der Waals surface area contributed by atoms with Crippen LogP contribution in [0.5, 0.6) is 0 Å². The normalized spacial score (nSPS) is 17.9. The van der Waals surface area contributed by atoms with Gasteiger partial charge in [-0.25, -0.2) is 0 Å². The van der Waals surface area contributed by atoms with Crippen molar-refractivity contribution in [3.05, 3.63) is 39.6 Å². The Bertz CT molecular complexity index is 672. The lowest BCUT2D eigenvalue weighted by Crippen LogP contribution is -2.13. The van der Waals surface area contributed by atoms with Crippen LogP contribution in [0.25, 0.3) is 11.0 Å². The van der Waals surface area contributed by atoms with Gasteiger partial charge in [0.15, 0.2) is 0 Å². The zero-order valence-corrected chi connectivity index (χ0v) is 9.25. The molecule has 0 saturated carbocycles. The average molecular weight is 247 g/mol. The number of nitro groups is 1. The van der Waals surface area contributed by atoms with Crippen LogP contribution in [0.1, 0.15) is 11.3 Å². The first kappa shape index (κ1) is 10.8. The third-order valence-corrected chi connectivity index (χ3v) is 3.30. The molecule has 0 spiro atoms. The predicted molar refractivity (Wildman–Crippen MR) is 61.4 cm³/mol. The van der Waals surface area contributed by atoms with Crippen molar-refractivity contribution in [3.63, 3.8) is 0 Å². The molecule has 3 rings (SSSR count). The van der Waals surface area contributed by atoms with Gasteiger partial charge in [0, 0.05) is 29.5 Å². The highest BCUT2D eigenvalue weighted by atomic mass is 16.6. The third-order valence-electron chi connectivity index (χ3n) is 3.30. The van der Waals surface area contributed by atoms with E-state index in [0.717, 1.165) is 5.56 Å². The van der Waals surface area contributed by atoms with Crippen LogP contribution in [0.4, 0.5) is 5.69 Å². The van der Waals surface area contributed by atoms with E-state index in [0.29, 0.717) is 29.6 Å². The van der Waals surface area contributed by atoms with Crippen LogP contribution in [-0.2, 0) is 17.6 Å². The van der Waals surface area contributed by atoms with Crippen molar-refractivity contribution < 1.29 is 19.2 Å². The highest BCUT2D eigenvalue weighted by molar-refractivity contribution is 5.86. The van der Waals surface area contributed by atoms with E-state index in [1.807, 2.05) is 0 Å². The number of rotatable bonds is 2. The second kappa shape index (κ2) is 3.56. The van der Waals surface area contributed by atoms with Gasteiger partial charge in [0.25, 0.3) is 5.69 Å². The minimum atomic E-state index is -0.861. The molecule has 0 fully saturated rings. The first-order valence-electron chi connectivity index (χ1n) is 5.48. The SMILES string of the molecule is O=C(O)C1Cc2oc3ccc([N+](=O)[O-])cc3c2C1. The van der Waals surface area contributed by atoms with Crippen molar-refractivity contribution in [2.45, 2.75) is 12.8 Å². The standard InChI is InChI=1S/C12H9NO5/c14-12(15)6-3-8-9-5-7(13(16)17)1-2-10(9)18-11(8)4-6/h1-2,5-6H,3-4H2,(H,14,15). The van der Waals surface area contributed by atoms with Crippen molar-refractivity contribution in [1.82, 2.24) is 0 Å². The number of carboxylic acids is 1. The number of furan rings is 1. The number of nitrogens with zero attached hydrogens (tertiary/aromatic N) is 1. The lowest BCUT2D eigenvalue weighted by Gasteiger charge is -2.01. The maximum absolute atomic E-state index is 10.9. The largest absolute Gasteiger partial charge is 0.481 e. The molecule has 1 atom stereocenters. The van der Waals surface area contributed by atoms with Crippen molar-refractivity contribution in [3.8, 4) is 0 Å². The van der Waals surface area contributed by atoms with Gasteiger partial charge in [-0.3, -0.25) is 14.9 Å². The number of hydrogen-bond acceptors (Lipinski definition) is 4. The first-order chi connectivity index (χ1) is 8.56. The summed E-state index contributed by atoms with van der Waals surface area (Å²) in [4.78, 5) is 21.2. The minimum Gasteiger partial charge on any atom is -0.481 e. The van der Waals surface area contributed by atoms with E-state index in [1.54, 1.807) is 6.07 Å². The fourth-order valence-corrected chi connectivity index (χ4v) is 2.41. The summed E-state index contributed by atoms with van der Waals surface area (Å²) in [5, 5.41) is 20.3. The third kappa shape index (κ3) is 1.46. The average Bonchev–Trinajstić information content (AvgIpc) is 2.84. The maximum atomic E-state index is 10.9. The van der Waals surface area contributed by atoms with Crippen LogP contribution < -0.4 is 0 Å². The maximum Gasteiger partial charge on any atom is 0.307 e. The van der Waals surface area contributed by atoms with E-state index in [4.69, 9.17) is 9.52 Å². The minimum absolute atomic E-state index is 0.00937.